The predicted octanol–water partition coefficient (Wildman–Crippen LogP) is 1.63. The van der Waals surface area contributed by atoms with Crippen molar-refractivity contribution >= 4 is 22.7 Å². The van der Waals surface area contributed by atoms with Crippen LogP contribution >= 0.6 is 0 Å². The summed E-state index contributed by atoms with van der Waals surface area (Å²) in [7, 11) is 2.86. The first kappa shape index (κ1) is 25.5. The maximum Gasteiger partial charge on any atom is 0.332 e. The second kappa shape index (κ2) is 11.4. The lowest BCUT2D eigenvalue weighted by Crippen LogP contribution is -2.42. The Morgan fingerprint density at radius 1 is 0.971 bits per heavy atom. The van der Waals surface area contributed by atoms with Gasteiger partial charge >= 0.3 is 5.69 Å². The molecule has 0 unspecified atom stereocenters. The summed E-state index contributed by atoms with van der Waals surface area (Å²) in [6, 6.07) is 9.60. The molecule has 1 aromatic heterocycles. The van der Waals surface area contributed by atoms with Crippen molar-refractivity contribution < 1.29 is 19.1 Å². The van der Waals surface area contributed by atoms with Crippen LogP contribution in [0.5, 0.6) is 11.5 Å². The second-order valence-corrected chi connectivity index (χ2v) is 8.11. The van der Waals surface area contributed by atoms with Crippen LogP contribution in [0.4, 0.5) is 0 Å². The van der Waals surface area contributed by atoms with Gasteiger partial charge in [0.2, 0.25) is 5.91 Å². The van der Waals surface area contributed by atoms with Crippen molar-refractivity contribution in [1.82, 2.24) is 14.5 Å². The minimum absolute atomic E-state index is 0.0564. The third-order valence-electron chi connectivity index (χ3n) is 5.67. The van der Waals surface area contributed by atoms with Gasteiger partial charge in [0, 0.05) is 18.2 Å². The van der Waals surface area contributed by atoms with Gasteiger partial charge in [-0.15, -0.1) is 0 Å². The van der Waals surface area contributed by atoms with Crippen LogP contribution in [-0.2, 0) is 17.9 Å². The number of hydrogen-bond acceptors (Lipinski definition) is 6. The van der Waals surface area contributed by atoms with E-state index in [1.807, 2.05) is 0 Å². The number of carbonyl (C=O) groups excluding carboxylic acids is 2. The Balaban J connectivity index is 1.99. The number of nitrogens with zero attached hydrogens (tertiary/aromatic N) is 2. The van der Waals surface area contributed by atoms with Crippen molar-refractivity contribution in [3.05, 3.63) is 68.4 Å². The number of benzene rings is 2. The van der Waals surface area contributed by atoms with Crippen molar-refractivity contribution in [3.63, 3.8) is 0 Å². The van der Waals surface area contributed by atoms with Crippen LogP contribution in [0.2, 0.25) is 0 Å². The fraction of sp³-hybridized carbons (Fsp3) is 0.360. The first-order valence-corrected chi connectivity index (χ1v) is 11.4. The standard InChI is InChI=1S/C25H30N4O6/c1-4-5-6-11-27-23(31)17-9-7-16(8-10-17)14-29-24(32)18-12-20(34-2)21(35-3)13-19(18)28(25(29)33)15-22(26)30/h7-10,12-13H,4-6,11,14-15H2,1-3H3,(H2,26,30)(H,27,31). The van der Waals surface area contributed by atoms with Crippen molar-refractivity contribution in [2.75, 3.05) is 20.8 Å². The van der Waals surface area contributed by atoms with E-state index in [-0.39, 0.29) is 23.4 Å². The van der Waals surface area contributed by atoms with E-state index in [9.17, 15) is 19.2 Å². The molecule has 3 aromatic rings. The van der Waals surface area contributed by atoms with Crippen LogP contribution in [0.25, 0.3) is 10.9 Å². The molecule has 0 aliphatic rings. The number of fused-ring (bicyclic) bond motifs is 1. The van der Waals surface area contributed by atoms with Crippen molar-refractivity contribution in [1.29, 1.82) is 0 Å². The number of unbranched alkanes of at least 4 members (excludes halogenated alkanes) is 2. The summed E-state index contributed by atoms with van der Waals surface area (Å²) in [5.74, 6) is -0.302. The van der Waals surface area contributed by atoms with Gasteiger partial charge in [0.15, 0.2) is 11.5 Å². The van der Waals surface area contributed by atoms with Crippen LogP contribution in [0.3, 0.4) is 0 Å². The molecule has 2 amide bonds. The number of methoxy groups -OCH3 is 2. The summed E-state index contributed by atoms with van der Waals surface area (Å²) in [5.41, 5.74) is 5.46. The van der Waals surface area contributed by atoms with Crippen molar-refractivity contribution in [2.24, 2.45) is 5.73 Å². The van der Waals surface area contributed by atoms with Crippen LogP contribution in [0.15, 0.2) is 46.0 Å². The largest absolute Gasteiger partial charge is 0.493 e. The molecule has 0 radical (unpaired) electrons. The zero-order valence-corrected chi connectivity index (χ0v) is 20.1. The lowest BCUT2D eigenvalue weighted by molar-refractivity contribution is -0.118. The minimum atomic E-state index is -0.734. The number of nitrogens with two attached hydrogens (primary N) is 1. The normalized spacial score (nSPS) is 10.8. The number of rotatable bonds is 11. The number of ether oxygens (including phenoxy) is 2. The minimum Gasteiger partial charge on any atom is -0.493 e. The van der Waals surface area contributed by atoms with E-state index in [1.165, 1.54) is 26.4 Å². The zero-order valence-electron chi connectivity index (χ0n) is 20.1. The van der Waals surface area contributed by atoms with Gasteiger partial charge < -0.3 is 20.5 Å². The summed E-state index contributed by atoms with van der Waals surface area (Å²) in [6.07, 6.45) is 3.03. The Kier molecular flexibility index (Phi) is 8.30. The monoisotopic (exact) mass is 482 g/mol. The summed E-state index contributed by atoms with van der Waals surface area (Å²) in [4.78, 5) is 50.5. The molecular weight excluding hydrogens is 452 g/mol. The highest BCUT2D eigenvalue weighted by Crippen LogP contribution is 2.30. The van der Waals surface area contributed by atoms with Gasteiger partial charge in [0.1, 0.15) is 6.54 Å². The average Bonchev–Trinajstić information content (AvgIpc) is 2.86. The van der Waals surface area contributed by atoms with Crippen LogP contribution in [0.1, 0.15) is 42.1 Å². The van der Waals surface area contributed by atoms with E-state index in [0.717, 1.165) is 28.4 Å². The van der Waals surface area contributed by atoms with E-state index >= 15 is 0 Å². The van der Waals surface area contributed by atoms with E-state index < -0.39 is 23.7 Å². The summed E-state index contributed by atoms with van der Waals surface area (Å²) in [6.45, 7) is 2.23. The topological polar surface area (TPSA) is 135 Å². The molecule has 10 nitrogen and oxygen atoms in total. The van der Waals surface area contributed by atoms with Crippen molar-refractivity contribution in [2.45, 2.75) is 39.3 Å². The molecule has 0 saturated carbocycles. The number of amides is 2. The number of primary amides is 1. The molecule has 35 heavy (non-hydrogen) atoms. The Labute approximate surface area is 202 Å². The Hall–Kier alpha value is -4.08. The molecular formula is C25H30N4O6. The first-order valence-electron chi connectivity index (χ1n) is 11.4. The molecule has 2 aromatic carbocycles. The molecule has 3 N–H and O–H groups in total. The van der Waals surface area contributed by atoms with Gasteiger partial charge in [-0.3, -0.25) is 23.5 Å². The average molecular weight is 483 g/mol. The lowest BCUT2D eigenvalue weighted by atomic mass is 10.1. The van der Waals surface area contributed by atoms with E-state index in [0.29, 0.717) is 29.2 Å². The second-order valence-electron chi connectivity index (χ2n) is 8.11. The van der Waals surface area contributed by atoms with E-state index in [4.69, 9.17) is 15.2 Å². The van der Waals surface area contributed by atoms with Gasteiger partial charge in [-0.2, -0.15) is 0 Å². The Bertz CT molecular complexity index is 1340. The lowest BCUT2D eigenvalue weighted by Gasteiger charge is -2.15. The summed E-state index contributed by atoms with van der Waals surface area (Å²) in [5, 5.41) is 3.05. The molecule has 3 rings (SSSR count). The maximum atomic E-state index is 13.3. The smallest absolute Gasteiger partial charge is 0.332 e. The quantitative estimate of drug-likeness (QED) is 0.399. The van der Waals surface area contributed by atoms with Crippen LogP contribution in [0, 0.1) is 0 Å². The SMILES string of the molecule is CCCCCNC(=O)c1ccc(Cn2c(=O)c3cc(OC)c(OC)cc3n(CC(N)=O)c2=O)cc1. The fourth-order valence-corrected chi connectivity index (χ4v) is 3.82. The summed E-state index contributed by atoms with van der Waals surface area (Å²) >= 11 is 0. The highest BCUT2D eigenvalue weighted by atomic mass is 16.5. The molecule has 0 atom stereocenters. The van der Waals surface area contributed by atoms with Gasteiger partial charge in [-0.1, -0.05) is 31.9 Å². The highest BCUT2D eigenvalue weighted by Gasteiger charge is 2.18. The van der Waals surface area contributed by atoms with Crippen molar-refractivity contribution in [3.8, 4) is 11.5 Å². The summed E-state index contributed by atoms with van der Waals surface area (Å²) < 4.78 is 12.7. The number of nitrogens with one attached hydrogen (secondary N) is 1. The molecule has 0 aliphatic carbocycles. The number of hydrogen-bond donors (Lipinski definition) is 2. The fourth-order valence-electron chi connectivity index (χ4n) is 3.82. The van der Waals surface area contributed by atoms with Gasteiger partial charge in [0.25, 0.3) is 11.5 Å². The van der Waals surface area contributed by atoms with Crippen LogP contribution in [-0.4, -0.2) is 41.7 Å². The highest BCUT2D eigenvalue weighted by molar-refractivity contribution is 5.94. The van der Waals surface area contributed by atoms with Crippen LogP contribution < -0.4 is 31.8 Å². The van der Waals surface area contributed by atoms with Gasteiger partial charge in [-0.25, -0.2) is 4.79 Å². The molecule has 0 aliphatic heterocycles. The van der Waals surface area contributed by atoms with Gasteiger partial charge in [-0.05, 0) is 30.2 Å². The predicted molar refractivity (Wildman–Crippen MR) is 132 cm³/mol. The molecule has 0 saturated heterocycles. The Morgan fingerprint density at radius 2 is 1.63 bits per heavy atom. The third-order valence-corrected chi connectivity index (χ3v) is 5.67. The molecule has 0 bridgehead atoms. The van der Waals surface area contributed by atoms with Gasteiger partial charge in [0.05, 0.1) is 31.7 Å². The molecule has 1 heterocycles. The number of aromatic nitrogens is 2. The Morgan fingerprint density at radius 3 is 2.23 bits per heavy atom. The van der Waals surface area contributed by atoms with E-state index in [1.54, 1.807) is 24.3 Å². The molecule has 0 spiro atoms. The molecule has 10 heteroatoms. The first-order chi connectivity index (χ1) is 16.8. The molecule has 186 valence electrons. The number of carbonyl (C=O) groups is 2. The third kappa shape index (κ3) is 5.71. The van der Waals surface area contributed by atoms with E-state index in [2.05, 4.69) is 12.2 Å². The zero-order chi connectivity index (χ0) is 25.5. The maximum absolute atomic E-state index is 13.3. The molecule has 0 fully saturated rings.